The maximum Gasteiger partial charge on any atom is 0.276 e. The second-order valence-electron chi connectivity index (χ2n) is 5.63. The summed E-state index contributed by atoms with van der Waals surface area (Å²) in [5, 5.41) is 10.6. The van der Waals surface area contributed by atoms with Gasteiger partial charge in [-0.25, -0.2) is 4.39 Å². The van der Waals surface area contributed by atoms with Crippen molar-refractivity contribution in [2.45, 2.75) is 6.92 Å². The van der Waals surface area contributed by atoms with E-state index in [4.69, 9.17) is 0 Å². The number of carbonyl (C=O) groups excluding carboxylic acids is 1. The Kier molecular flexibility index (Phi) is 5.00. The van der Waals surface area contributed by atoms with Crippen molar-refractivity contribution in [3.05, 3.63) is 47.9 Å². The van der Waals surface area contributed by atoms with Gasteiger partial charge in [-0.15, -0.1) is 10.2 Å². The molecule has 0 radical (unpaired) electrons. The number of piperazine rings is 1. The molecule has 1 aromatic carbocycles. The second-order valence-corrected chi connectivity index (χ2v) is 5.63. The maximum atomic E-state index is 13.6. The molecule has 6 nitrogen and oxygen atoms in total. The number of anilines is 2. The molecule has 2 aromatic rings. The van der Waals surface area contributed by atoms with E-state index in [1.165, 1.54) is 12.1 Å². The number of aromatic nitrogens is 2. The van der Waals surface area contributed by atoms with Gasteiger partial charge in [0.15, 0.2) is 11.5 Å². The smallest absolute Gasteiger partial charge is 0.276 e. The van der Waals surface area contributed by atoms with Crippen molar-refractivity contribution >= 4 is 17.4 Å². The maximum absolute atomic E-state index is 13.6. The van der Waals surface area contributed by atoms with Gasteiger partial charge in [-0.3, -0.25) is 4.79 Å². The molecule has 1 saturated heterocycles. The first-order valence-electron chi connectivity index (χ1n) is 8.04. The van der Waals surface area contributed by atoms with E-state index in [9.17, 15) is 9.18 Å². The quantitative estimate of drug-likeness (QED) is 0.930. The lowest BCUT2D eigenvalue weighted by molar-refractivity contribution is 0.102. The number of hydrogen-bond acceptors (Lipinski definition) is 5. The number of nitrogens with zero attached hydrogens (tertiary/aromatic N) is 4. The summed E-state index contributed by atoms with van der Waals surface area (Å²) in [6.45, 7) is 6.97. The topological polar surface area (TPSA) is 61.4 Å². The fourth-order valence-corrected chi connectivity index (χ4v) is 2.66. The standard InChI is InChI=1S/C17H20FN5O/c1-2-22-9-11-23(12-10-22)16-8-7-15(20-21-16)17(24)19-14-6-4-3-5-13(14)18/h3-8H,2,9-12H2,1H3,(H,19,24). The Morgan fingerprint density at radius 1 is 1.12 bits per heavy atom. The van der Waals surface area contributed by atoms with Crippen molar-refractivity contribution < 1.29 is 9.18 Å². The van der Waals surface area contributed by atoms with E-state index in [1.54, 1.807) is 24.3 Å². The third kappa shape index (κ3) is 3.68. The largest absolute Gasteiger partial charge is 0.353 e. The van der Waals surface area contributed by atoms with E-state index in [1.807, 2.05) is 0 Å². The summed E-state index contributed by atoms with van der Waals surface area (Å²) in [4.78, 5) is 16.7. The molecule has 0 spiro atoms. The van der Waals surface area contributed by atoms with E-state index < -0.39 is 11.7 Å². The molecule has 1 aliphatic heterocycles. The summed E-state index contributed by atoms with van der Waals surface area (Å²) < 4.78 is 13.6. The molecule has 3 rings (SSSR count). The SMILES string of the molecule is CCN1CCN(c2ccc(C(=O)Nc3ccccc3F)nn2)CC1. The van der Waals surface area contributed by atoms with Crippen LogP contribution < -0.4 is 10.2 Å². The molecule has 0 unspecified atom stereocenters. The predicted octanol–water partition coefficient (Wildman–Crippen LogP) is 2.01. The van der Waals surface area contributed by atoms with Crippen LogP contribution in [0.4, 0.5) is 15.9 Å². The molecule has 0 aliphatic carbocycles. The molecular formula is C17H20FN5O. The highest BCUT2D eigenvalue weighted by Crippen LogP contribution is 2.15. The minimum absolute atomic E-state index is 0.129. The normalized spacial score (nSPS) is 15.3. The summed E-state index contributed by atoms with van der Waals surface area (Å²) in [7, 11) is 0. The van der Waals surface area contributed by atoms with Gasteiger partial charge in [-0.2, -0.15) is 0 Å². The third-order valence-electron chi connectivity index (χ3n) is 4.15. The molecule has 0 bridgehead atoms. The minimum Gasteiger partial charge on any atom is -0.353 e. The van der Waals surface area contributed by atoms with E-state index >= 15 is 0 Å². The van der Waals surface area contributed by atoms with Gasteiger partial charge in [0.05, 0.1) is 5.69 Å². The molecular weight excluding hydrogens is 309 g/mol. The monoisotopic (exact) mass is 329 g/mol. The third-order valence-corrected chi connectivity index (χ3v) is 4.15. The van der Waals surface area contributed by atoms with Crippen molar-refractivity contribution in [1.29, 1.82) is 0 Å². The predicted molar refractivity (Wildman–Crippen MR) is 90.7 cm³/mol. The lowest BCUT2D eigenvalue weighted by Crippen LogP contribution is -2.46. The number of hydrogen-bond donors (Lipinski definition) is 1. The van der Waals surface area contributed by atoms with Crippen molar-refractivity contribution in [3.8, 4) is 0 Å². The zero-order valence-corrected chi connectivity index (χ0v) is 13.6. The van der Waals surface area contributed by atoms with E-state index in [2.05, 4.69) is 32.2 Å². The first kappa shape index (κ1) is 16.3. The Hall–Kier alpha value is -2.54. The van der Waals surface area contributed by atoms with Gasteiger partial charge in [-0.05, 0) is 30.8 Å². The second kappa shape index (κ2) is 7.35. The molecule has 2 heterocycles. The van der Waals surface area contributed by atoms with Crippen molar-refractivity contribution in [3.63, 3.8) is 0 Å². The number of amides is 1. The Balaban J connectivity index is 1.64. The lowest BCUT2D eigenvalue weighted by Gasteiger charge is -2.34. The fourth-order valence-electron chi connectivity index (χ4n) is 2.66. The van der Waals surface area contributed by atoms with Gasteiger partial charge >= 0.3 is 0 Å². The van der Waals surface area contributed by atoms with Crippen LogP contribution in [0.3, 0.4) is 0 Å². The van der Waals surface area contributed by atoms with Crippen molar-refractivity contribution in [2.75, 3.05) is 42.9 Å². The van der Waals surface area contributed by atoms with Crippen LogP contribution in [0, 0.1) is 5.82 Å². The average molecular weight is 329 g/mol. The number of benzene rings is 1. The van der Waals surface area contributed by atoms with E-state index in [0.29, 0.717) is 0 Å². The number of para-hydroxylation sites is 1. The zero-order valence-electron chi connectivity index (χ0n) is 13.6. The van der Waals surface area contributed by atoms with Crippen LogP contribution in [-0.2, 0) is 0 Å². The highest BCUT2D eigenvalue weighted by atomic mass is 19.1. The van der Waals surface area contributed by atoms with Gasteiger partial charge in [0, 0.05) is 26.2 Å². The Morgan fingerprint density at radius 3 is 2.50 bits per heavy atom. The number of nitrogens with one attached hydrogen (secondary N) is 1. The van der Waals surface area contributed by atoms with Gasteiger partial charge in [0.25, 0.3) is 5.91 Å². The number of likely N-dealkylation sites (N-methyl/N-ethyl adjacent to an activating group) is 1. The van der Waals surface area contributed by atoms with Crippen LogP contribution in [0.2, 0.25) is 0 Å². The minimum atomic E-state index is -0.482. The van der Waals surface area contributed by atoms with Gasteiger partial charge in [0.2, 0.25) is 0 Å². The van der Waals surface area contributed by atoms with E-state index in [-0.39, 0.29) is 11.4 Å². The molecule has 1 aromatic heterocycles. The molecule has 0 atom stereocenters. The molecule has 1 N–H and O–H groups in total. The number of carbonyl (C=O) groups is 1. The van der Waals surface area contributed by atoms with Gasteiger partial charge < -0.3 is 15.1 Å². The fraction of sp³-hybridized carbons (Fsp3) is 0.353. The highest BCUT2D eigenvalue weighted by Gasteiger charge is 2.18. The zero-order chi connectivity index (χ0) is 16.9. The first-order valence-corrected chi connectivity index (χ1v) is 8.04. The Labute approximate surface area is 140 Å². The van der Waals surface area contributed by atoms with Crippen LogP contribution >= 0.6 is 0 Å². The lowest BCUT2D eigenvalue weighted by atomic mass is 10.2. The molecule has 126 valence electrons. The van der Waals surface area contributed by atoms with Crippen LogP contribution in [0.25, 0.3) is 0 Å². The summed E-state index contributed by atoms with van der Waals surface area (Å²) in [5.74, 6) is -0.202. The number of halogens is 1. The molecule has 0 saturated carbocycles. The summed E-state index contributed by atoms with van der Waals surface area (Å²) >= 11 is 0. The van der Waals surface area contributed by atoms with E-state index in [0.717, 1.165) is 38.5 Å². The number of rotatable bonds is 4. The van der Waals surface area contributed by atoms with Crippen LogP contribution in [0.15, 0.2) is 36.4 Å². The van der Waals surface area contributed by atoms with Crippen molar-refractivity contribution in [1.82, 2.24) is 15.1 Å². The molecule has 7 heteroatoms. The molecule has 24 heavy (non-hydrogen) atoms. The summed E-state index contributed by atoms with van der Waals surface area (Å²) in [5.41, 5.74) is 0.290. The van der Waals surface area contributed by atoms with Gasteiger partial charge in [0.1, 0.15) is 5.82 Å². The van der Waals surface area contributed by atoms with Crippen LogP contribution in [-0.4, -0.2) is 53.7 Å². The van der Waals surface area contributed by atoms with Crippen molar-refractivity contribution in [2.24, 2.45) is 0 Å². The van der Waals surface area contributed by atoms with Crippen LogP contribution in [0.5, 0.6) is 0 Å². The molecule has 1 aliphatic rings. The Morgan fingerprint density at radius 2 is 1.88 bits per heavy atom. The summed E-state index contributed by atoms with van der Waals surface area (Å²) in [6.07, 6.45) is 0. The average Bonchev–Trinajstić information content (AvgIpc) is 2.64. The Bertz CT molecular complexity index is 698. The highest BCUT2D eigenvalue weighted by molar-refractivity contribution is 6.02. The first-order chi connectivity index (χ1) is 11.7. The van der Waals surface area contributed by atoms with Crippen LogP contribution in [0.1, 0.15) is 17.4 Å². The molecule has 1 amide bonds. The summed E-state index contributed by atoms with van der Waals surface area (Å²) in [6, 6.07) is 9.42. The molecule has 1 fully saturated rings. The van der Waals surface area contributed by atoms with Gasteiger partial charge in [-0.1, -0.05) is 19.1 Å².